The molecule has 0 saturated carbocycles. The van der Waals surface area contributed by atoms with Crippen LogP contribution < -0.4 is 15.7 Å². The van der Waals surface area contributed by atoms with Gasteiger partial charge in [0, 0.05) is 0 Å². The van der Waals surface area contributed by atoms with Crippen molar-refractivity contribution in [2.24, 2.45) is 5.10 Å². The Morgan fingerprint density at radius 1 is 1.55 bits per heavy atom. The predicted molar refractivity (Wildman–Crippen MR) is 78.4 cm³/mol. The minimum atomic E-state index is -0.350. The molecule has 0 amide bonds. The summed E-state index contributed by atoms with van der Waals surface area (Å²) >= 11 is 3.13. The van der Waals surface area contributed by atoms with E-state index < -0.39 is 0 Å². The minimum Gasteiger partial charge on any atom is -0.504 e. The van der Waals surface area contributed by atoms with Crippen LogP contribution in [0.3, 0.4) is 0 Å². The van der Waals surface area contributed by atoms with Gasteiger partial charge in [-0.15, -0.1) is 0 Å². The van der Waals surface area contributed by atoms with E-state index in [0.717, 1.165) is 5.56 Å². The molecule has 104 valence electrons. The molecule has 1 aromatic carbocycles. The number of benzene rings is 1. The lowest BCUT2D eigenvalue weighted by molar-refractivity contribution is 0.373. The van der Waals surface area contributed by atoms with E-state index in [4.69, 9.17) is 4.74 Å². The van der Waals surface area contributed by atoms with Gasteiger partial charge in [0.25, 0.3) is 5.56 Å². The molecule has 0 aliphatic rings. The van der Waals surface area contributed by atoms with Crippen LogP contribution >= 0.6 is 15.9 Å². The molecule has 1 aromatic heterocycles. The van der Waals surface area contributed by atoms with E-state index in [9.17, 15) is 9.90 Å². The number of nitrogens with one attached hydrogen (secondary N) is 2. The molecule has 0 atom stereocenters. The molecule has 1 heterocycles. The molecule has 0 spiro atoms. The Bertz CT molecular complexity index is 699. The summed E-state index contributed by atoms with van der Waals surface area (Å²) in [4.78, 5) is 11.3. The Morgan fingerprint density at radius 2 is 2.35 bits per heavy atom. The number of halogens is 1. The van der Waals surface area contributed by atoms with Gasteiger partial charge in [0.2, 0.25) is 0 Å². The Hall–Kier alpha value is -2.35. The number of phenols is 1. The van der Waals surface area contributed by atoms with Crippen LogP contribution in [-0.2, 0) is 0 Å². The van der Waals surface area contributed by atoms with Gasteiger partial charge in [0.05, 0.1) is 25.2 Å². The number of hydrogen-bond donors (Lipinski definition) is 3. The SMILES string of the molecule is COc1cc(/C=N\Nc2cn[nH]c(=O)c2Br)ccc1O. The van der Waals surface area contributed by atoms with Gasteiger partial charge in [-0.05, 0) is 39.7 Å². The third-order valence-corrected chi connectivity index (χ3v) is 3.19. The standard InChI is InChI=1S/C12H11BrN4O3/c1-20-10-4-7(2-3-9(10)18)5-14-16-8-6-15-17-12(19)11(8)13/h2-6,18H,1H3,(H2,16,17,19)/b14-5-. The van der Waals surface area contributed by atoms with Crippen LogP contribution in [0, 0.1) is 0 Å². The molecule has 20 heavy (non-hydrogen) atoms. The summed E-state index contributed by atoms with van der Waals surface area (Å²) in [5, 5.41) is 19.4. The number of aromatic amines is 1. The molecule has 7 nitrogen and oxygen atoms in total. The van der Waals surface area contributed by atoms with Crippen molar-refractivity contribution in [3.05, 3.63) is 44.8 Å². The monoisotopic (exact) mass is 338 g/mol. The van der Waals surface area contributed by atoms with Crippen LogP contribution in [0.5, 0.6) is 11.5 Å². The number of nitrogens with zero attached hydrogens (tertiary/aromatic N) is 2. The van der Waals surface area contributed by atoms with E-state index in [1.165, 1.54) is 25.6 Å². The van der Waals surface area contributed by atoms with Gasteiger partial charge in [-0.3, -0.25) is 10.2 Å². The fourth-order valence-corrected chi connectivity index (χ4v) is 1.69. The summed E-state index contributed by atoms with van der Waals surface area (Å²) in [7, 11) is 1.47. The van der Waals surface area contributed by atoms with Crippen molar-refractivity contribution in [2.75, 3.05) is 12.5 Å². The molecule has 0 fully saturated rings. The first kappa shape index (κ1) is 14.1. The number of aromatic hydroxyl groups is 1. The molecular weight excluding hydrogens is 328 g/mol. The second-order valence-electron chi connectivity index (χ2n) is 3.73. The van der Waals surface area contributed by atoms with E-state index >= 15 is 0 Å². The summed E-state index contributed by atoms with van der Waals surface area (Å²) in [5.41, 5.74) is 3.50. The zero-order valence-corrected chi connectivity index (χ0v) is 12.0. The largest absolute Gasteiger partial charge is 0.504 e. The van der Waals surface area contributed by atoms with Crippen molar-refractivity contribution in [3.63, 3.8) is 0 Å². The second kappa shape index (κ2) is 6.20. The molecule has 0 bridgehead atoms. The summed E-state index contributed by atoms with van der Waals surface area (Å²) in [6.45, 7) is 0. The Balaban J connectivity index is 2.14. The molecule has 2 rings (SSSR count). The van der Waals surface area contributed by atoms with Crippen LogP contribution in [0.1, 0.15) is 5.56 Å². The lowest BCUT2D eigenvalue weighted by atomic mass is 10.2. The number of rotatable bonds is 4. The maximum atomic E-state index is 11.3. The number of ether oxygens (including phenoxy) is 1. The number of anilines is 1. The summed E-state index contributed by atoms with van der Waals surface area (Å²) in [5.74, 6) is 0.409. The Labute approximate surface area is 122 Å². The van der Waals surface area contributed by atoms with Gasteiger partial charge >= 0.3 is 0 Å². The third-order valence-electron chi connectivity index (χ3n) is 2.40. The van der Waals surface area contributed by atoms with Crippen molar-refractivity contribution in [2.45, 2.75) is 0 Å². The quantitative estimate of drug-likeness (QED) is 0.582. The summed E-state index contributed by atoms with van der Waals surface area (Å²) in [6, 6.07) is 4.81. The highest BCUT2D eigenvalue weighted by Gasteiger charge is 2.03. The van der Waals surface area contributed by atoms with Crippen LogP contribution in [-0.4, -0.2) is 28.6 Å². The van der Waals surface area contributed by atoms with Crippen molar-refractivity contribution in [1.29, 1.82) is 0 Å². The first-order valence-corrected chi connectivity index (χ1v) is 6.30. The number of hydrazone groups is 1. The molecular formula is C12H11BrN4O3. The van der Waals surface area contributed by atoms with E-state index in [2.05, 4.69) is 36.7 Å². The smallest absolute Gasteiger partial charge is 0.280 e. The topological polar surface area (TPSA) is 99.6 Å². The van der Waals surface area contributed by atoms with E-state index in [1.807, 2.05) is 0 Å². The molecule has 0 unspecified atom stereocenters. The molecule has 0 saturated heterocycles. The van der Waals surface area contributed by atoms with Crippen LogP contribution in [0.15, 0.2) is 38.8 Å². The van der Waals surface area contributed by atoms with Gasteiger partial charge in [0.1, 0.15) is 4.47 Å². The van der Waals surface area contributed by atoms with Crippen molar-refractivity contribution >= 4 is 27.8 Å². The lowest BCUT2D eigenvalue weighted by Crippen LogP contribution is -2.10. The van der Waals surface area contributed by atoms with Gasteiger partial charge < -0.3 is 9.84 Å². The van der Waals surface area contributed by atoms with Crippen molar-refractivity contribution < 1.29 is 9.84 Å². The summed E-state index contributed by atoms with van der Waals surface area (Å²) in [6.07, 6.45) is 2.95. The van der Waals surface area contributed by atoms with Gasteiger partial charge in [-0.25, -0.2) is 5.10 Å². The van der Waals surface area contributed by atoms with Crippen LogP contribution in [0.2, 0.25) is 0 Å². The maximum absolute atomic E-state index is 11.3. The normalized spacial score (nSPS) is 10.7. The van der Waals surface area contributed by atoms with Crippen LogP contribution in [0.25, 0.3) is 0 Å². The molecule has 8 heteroatoms. The number of hydrogen-bond acceptors (Lipinski definition) is 6. The average Bonchev–Trinajstić information content (AvgIpc) is 2.45. The number of aromatic nitrogens is 2. The highest BCUT2D eigenvalue weighted by Crippen LogP contribution is 2.25. The van der Waals surface area contributed by atoms with Gasteiger partial charge in [0.15, 0.2) is 11.5 Å². The minimum absolute atomic E-state index is 0.0548. The van der Waals surface area contributed by atoms with Gasteiger partial charge in [-0.2, -0.15) is 10.2 Å². The second-order valence-corrected chi connectivity index (χ2v) is 4.52. The molecule has 0 aliphatic carbocycles. The number of phenolic OH excluding ortho intramolecular Hbond substituents is 1. The fraction of sp³-hybridized carbons (Fsp3) is 0.0833. The fourth-order valence-electron chi connectivity index (χ4n) is 1.41. The molecule has 0 aliphatic heterocycles. The maximum Gasteiger partial charge on any atom is 0.280 e. The van der Waals surface area contributed by atoms with Crippen LogP contribution in [0.4, 0.5) is 5.69 Å². The van der Waals surface area contributed by atoms with E-state index in [-0.39, 0.29) is 11.3 Å². The summed E-state index contributed by atoms with van der Waals surface area (Å²) < 4.78 is 5.30. The van der Waals surface area contributed by atoms with Crippen molar-refractivity contribution in [3.8, 4) is 11.5 Å². The highest BCUT2D eigenvalue weighted by atomic mass is 79.9. The van der Waals surface area contributed by atoms with E-state index in [1.54, 1.807) is 12.1 Å². The molecule has 0 radical (unpaired) electrons. The zero-order valence-electron chi connectivity index (χ0n) is 10.4. The van der Waals surface area contributed by atoms with Gasteiger partial charge in [-0.1, -0.05) is 0 Å². The number of methoxy groups -OCH3 is 1. The van der Waals surface area contributed by atoms with E-state index in [0.29, 0.717) is 15.9 Å². The first-order valence-electron chi connectivity index (χ1n) is 5.51. The lowest BCUT2D eigenvalue weighted by Gasteiger charge is -2.04. The number of H-pyrrole nitrogens is 1. The Morgan fingerprint density at radius 3 is 3.10 bits per heavy atom. The third kappa shape index (κ3) is 3.15. The highest BCUT2D eigenvalue weighted by molar-refractivity contribution is 9.10. The first-order chi connectivity index (χ1) is 9.61. The van der Waals surface area contributed by atoms with Crippen molar-refractivity contribution in [1.82, 2.24) is 10.2 Å². The zero-order chi connectivity index (χ0) is 14.5. The molecule has 3 N–H and O–H groups in total. The average molecular weight is 339 g/mol. The molecule has 2 aromatic rings. The predicted octanol–water partition coefficient (Wildman–Crippen LogP) is 1.69. The Kier molecular flexibility index (Phi) is 4.36.